The van der Waals surface area contributed by atoms with Crippen LogP contribution >= 0.6 is 0 Å². The van der Waals surface area contributed by atoms with Crippen molar-refractivity contribution in [3.05, 3.63) is 42.1 Å². The first-order chi connectivity index (χ1) is 9.49. The Hall–Kier alpha value is -2.82. The molecule has 0 spiro atoms. The second-order valence-electron chi connectivity index (χ2n) is 3.46. The molecule has 5 nitrogen and oxygen atoms in total. The summed E-state index contributed by atoms with van der Waals surface area (Å²) in [4.78, 5) is 0. The quantitative estimate of drug-likeness (QED) is 0.864. The molecule has 0 aliphatic heterocycles. The molecule has 102 valence electrons. The minimum atomic E-state index is -4.85. The number of halogens is 3. The molecule has 0 fully saturated rings. The molecule has 0 radical (unpaired) electrons. The van der Waals surface area contributed by atoms with Gasteiger partial charge in [-0.3, -0.25) is 0 Å². The van der Waals surface area contributed by atoms with Crippen molar-refractivity contribution < 1.29 is 22.6 Å². The first-order valence-electron chi connectivity index (χ1n) is 5.24. The van der Waals surface area contributed by atoms with Gasteiger partial charge in [0.15, 0.2) is 11.5 Å². The predicted octanol–water partition coefficient (Wildman–Crippen LogP) is 3.04. The number of aromatic nitrogens is 2. The van der Waals surface area contributed by atoms with Crippen molar-refractivity contribution in [1.82, 2.24) is 10.2 Å². The number of nitrogens with zero attached hydrogens (tertiary/aromatic N) is 3. The number of nitriles is 1. The van der Waals surface area contributed by atoms with E-state index in [0.29, 0.717) is 0 Å². The molecule has 0 unspecified atom stereocenters. The number of benzene rings is 1. The number of hydrogen-bond donors (Lipinski definition) is 0. The van der Waals surface area contributed by atoms with E-state index in [0.717, 1.165) is 6.07 Å². The van der Waals surface area contributed by atoms with Crippen LogP contribution in [0.4, 0.5) is 13.2 Å². The Kier molecular flexibility index (Phi) is 3.70. The summed E-state index contributed by atoms with van der Waals surface area (Å²) in [5.41, 5.74) is 0.0433. The van der Waals surface area contributed by atoms with Crippen molar-refractivity contribution in [2.45, 2.75) is 6.36 Å². The molecule has 0 saturated carbocycles. The molecular weight excluding hydrogens is 275 g/mol. The van der Waals surface area contributed by atoms with Crippen molar-refractivity contribution >= 4 is 0 Å². The molecule has 1 heterocycles. The van der Waals surface area contributed by atoms with Gasteiger partial charge in [0.1, 0.15) is 11.6 Å². The van der Waals surface area contributed by atoms with E-state index in [1.165, 1.54) is 30.5 Å². The minimum absolute atomic E-state index is 0.0433. The van der Waals surface area contributed by atoms with Gasteiger partial charge in [-0.15, -0.1) is 18.3 Å². The van der Waals surface area contributed by atoms with Crippen LogP contribution in [-0.4, -0.2) is 16.6 Å². The second kappa shape index (κ2) is 5.44. The minimum Gasteiger partial charge on any atom is -0.433 e. The smallest absolute Gasteiger partial charge is 0.433 e. The largest absolute Gasteiger partial charge is 0.573 e. The topological polar surface area (TPSA) is 68.0 Å². The third kappa shape index (κ3) is 3.35. The lowest BCUT2D eigenvalue weighted by atomic mass is 10.3. The molecule has 0 N–H and O–H groups in total. The summed E-state index contributed by atoms with van der Waals surface area (Å²) in [7, 11) is 0. The standard InChI is InChI=1S/C12H6F3N3O2/c13-12(14,15)20-10-4-2-1-3-9(10)19-11-8(7-16)5-6-17-18-11/h1-6H. The van der Waals surface area contributed by atoms with Crippen molar-refractivity contribution in [3.63, 3.8) is 0 Å². The number of para-hydroxylation sites is 2. The van der Waals surface area contributed by atoms with Crippen molar-refractivity contribution in [2.24, 2.45) is 0 Å². The van der Waals surface area contributed by atoms with E-state index >= 15 is 0 Å². The first-order valence-corrected chi connectivity index (χ1v) is 5.24. The van der Waals surface area contributed by atoms with Gasteiger partial charge in [0.25, 0.3) is 5.88 Å². The Bertz CT molecular complexity index is 653. The van der Waals surface area contributed by atoms with Gasteiger partial charge in [-0.05, 0) is 18.2 Å². The van der Waals surface area contributed by atoms with Gasteiger partial charge in [-0.25, -0.2) is 0 Å². The molecule has 8 heteroatoms. The lowest BCUT2D eigenvalue weighted by Gasteiger charge is -2.13. The highest BCUT2D eigenvalue weighted by Crippen LogP contribution is 2.34. The molecule has 20 heavy (non-hydrogen) atoms. The number of rotatable bonds is 3. The fourth-order valence-corrected chi connectivity index (χ4v) is 1.33. The fourth-order valence-electron chi connectivity index (χ4n) is 1.33. The summed E-state index contributed by atoms with van der Waals surface area (Å²) in [5.74, 6) is -0.954. The van der Waals surface area contributed by atoms with E-state index in [4.69, 9.17) is 10.00 Å². The molecular formula is C12H6F3N3O2. The summed E-state index contributed by atoms with van der Waals surface area (Å²) in [5, 5.41) is 15.9. The average molecular weight is 281 g/mol. The van der Waals surface area contributed by atoms with Gasteiger partial charge in [0, 0.05) is 0 Å². The highest BCUT2D eigenvalue weighted by Gasteiger charge is 2.32. The van der Waals surface area contributed by atoms with E-state index in [1.807, 2.05) is 0 Å². The van der Waals surface area contributed by atoms with Crippen molar-refractivity contribution in [1.29, 1.82) is 5.26 Å². The third-order valence-electron chi connectivity index (χ3n) is 2.09. The van der Waals surface area contributed by atoms with Crippen LogP contribution in [0.25, 0.3) is 0 Å². The fraction of sp³-hybridized carbons (Fsp3) is 0.0833. The van der Waals surface area contributed by atoms with Crippen LogP contribution < -0.4 is 9.47 Å². The van der Waals surface area contributed by atoms with Crippen LogP contribution in [0.2, 0.25) is 0 Å². The van der Waals surface area contributed by atoms with Gasteiger partial charge in [0.2, 0.25) is 0 Å². The normalized spacial score (nSPS) is 10.7. The van der Waals surface area contributed by atoms with Gasteiger partial charge in [-0.2, -0.15) is 10.4 Å². The molecule has 0 bridgehead atoms. The molecule has 0 atom stereocenters. The summed E-state index contributed by atoms with van der Waals surface area (Å²) < 4.78 is 45.7. The first kappa shape index (κ1) is 13.6. The molecule has 2 aromatic rings. The average Bonchev–Trinajstić information content (AvgIpc) is 2.40. The summed E-state index contributed by atoms with van der Waals surface area (Å²) >= 11 is 0. The zero-order chi connectivity index (χ0) is 14.6. The van der Waals surface area contributed by atoms with Crippen LogP contribution in [0.1, 0.15) is 5.56 Å². The Morgan fingerprint density at radius 2 is 1.80 bits per heavy atom. The van der Waals surface area contributed by atoms with Crippen LogP contribution in [0.15, 0.2) is 36.5 Å². The van der Waals surface area contributed by atoms with E-state index in [9.17, 15) is 13.2 Å². The van der Waals surface area contributed by atoms with Gasteiger partial charge >= 0.3 is 6.36 Å². The van der Waals surface area contributed by atoms with Gasteiger partial charge < -0.3 is 9.47 Å². The summed E-state index contributed by atoms with van der Waals surface area (Å²) in [6.45, 7) is 0. The molecule has 0 amide bonds. The Balaban J connectivity index is 2.32. The lowest BCUT2D eigenvalue weighted by molar-refractivity contribution is -0.275. The number of hydrogen-bond acceptors (Lipinski definition) is 5. The Morgan fingerprint density at radius 1 is 1.10 bits per heavy atom. The van der Waals surface area contributed by atoms with Crippen LogP contribution in [0.5, 0.6) is 17.4 Å². The number of ether oxygens (including phenoxy) is 2. The van der Waals surface area contributed by atoms with Crippen molar-refractivity contribution in [3.8, 4) is 23.4 Å². The van der Waals surface area contributed by atoms with E-state index in [2.05, 4.69) is 14.9 Å². The van der Waals surface area contributed by atoms with E-state index < -0.39 is 12.1 Å². The highest BCUT2D eigenvalue weighted by atomic mass is 19.4. The van der Waals surface area contributed by atoms with E-state index in [1.54, 1.807) is 6.07 Å². The lowest BCUT2D eigenvalue weighted by Crippen LogP contribution is -2.17. The maximum absolute atomic E-state index is 12.2. The highest BCUT2D eigenvalue weighted by molar-refractivity contribution is 5.44. The monoisotopic (exact) mass is 281 g/mol. The van der Waals surface area contributed by atoms with Crippen molar-refractivity contribution in [2.75, 3.05) is 0 Å². The Morgan fingerprint density at radius 3 is 2.45 bits per heavy atom. The van der Waals surface area contributed by atoms with Crippen LogP contribution in [0, 0.1) is 11.3 Å². The van der Waals surface area contributed by atoms with Gasteiger partial charge in [0.05, 0.1) is 6.20 Å². The molecule has 0 aliphatic carbocycles. The molecule has 2 rings (SSSR count). The molecule has 0 saturated heterocycles. The maximum atomic E-state index is 12.2. The van der Waals surface area contributed by atoms with E-state index in [-0.39, 0.29) is 17.2 Å². The summed E-state index contributed by atoms with van der Waals surface area (Å²) in [6.07, 6.45) is -3.58. The zero-order valence-electron chi connectivity index (χ0n) is 9.76. The Labute approximate surface area is 111 Å². The number of alkyl halides is 3. The van der Waals surface area contributed by atoms with Gasteiger partial charge in [-0.1, -0.05) is 12.1 Å². The predicted molar refractivity (Wildman–Crippen MR) is 59.9 cm³/mol. The second-order valence-corrected chi connectivity index (χ2v) is 3.46. The maximum Gasteiger partial charge on any atom is 0.573 e. The SMILES string of the molecule is N#Cc1ccnnc1Oc1ccccc1OC(F)(F)F. The summed E-state index contributed by atoms with van der Waals surface area (Å²) in [6, 6.07) is 8.29. The zero-order valence-corrected chi connectivity index (χ0v) is 9.76. The molecule has 0 aliphatic rings. The third-order valence-corrected chi connectivity index (χ3v) is 2.09. The molecule has 1 aromatic carbocycles. The van der Waals surface area contributed by atoms with Crippen LogP contribution in [-0.2, 0) is 0 Å². The molecule has 1 aromatic heterocycles. The van der Waals surface area contributed by atoms with Crippen LogP contribution in [0.3, 0.4) is 0 Å².